The molecule has 0 saturated heterocycles. The second kappa shape index (κ2) is 4.30. The van der Waals surface area contributed by atoms with Crippen LogP contribution in [0.25, 0.3) is 0 Å². The second-order valence-electron chi connectivity index (χ2n) is 5.15. The fourth-order valence-electron chi connectivity index (χ4n) is 2.87. The zero-order valence-corrected chi connectivity index (χ0v) is 10.6. The van der Waals surface area contributed by atoms with Gasteiger partial charge in [0.25, 0.3) is 0 Å². The van der Waals surface area contributed by atoms with Crippen molar-refractivity contribution >= 4 is 5.82 Å². The molecule has 0 spiro atoms. The highest BCUT2D eigenvalue weighted by atomic mass is 15.2. The van der Waals surface area contributed by atoms with E-state index in [0.29, 0.717) is 6.54 Å². The summed E-state index contributed by atoms with van der Waals surface area (Å²) in [5.74, 6) is 1.16. The van der Waals surface area contributed by atoms with Crippen molar-refractivity contribution in [3.8, 4) is 0 Å². The minimum Gasteiger partial charge on any atom is -0.354 e. The summed E-state index contributed by atoms with van der Waals surface area (Å²) in [5.41, 5.74) is 9.87. The van der Waals surface area contributed by atoms with Crippen molar-refractivity contribution in [2.45, 2.75) is 51.6 Å². The molecule has 2 aliphatic rings. The summed E-state index contributed by atoms with van der Waals surface area (Å²) >= 11 is 0. The molecule has 0 unspecified atom stereocenters. The lowest BCUT2D eigenvalue weighted by molar-refractivity contribution is 0.790. The van der Waals surface area contributed by atoms with E-state index in [1.165, 1.54) is 42.5 Å². The van der Waals surface area contributed by atoms with Crippen LogP contribution in [0.1, 0.15) is 43.0 Å². The Kier molecular flexibility index (Phi) is 2.79. The number of hydrogen-bond donors (Lipinski definition) is 1. The molecule has 0 bridgehead atoms. The molecule has 0 amide bonds. The van der Waals surface area contributed by atoms with Gasteiger partial charge in [-0.2, -0.15) is 0 Å². The van der Waals surface area contributed by atoms with E-state index in [2.05, 4.69) is 17.9 Å². The first-order valence-corrected chi connectivity index (χ1v) is 6.82. The molecular weight excluding hydrogens is 210 g/mol. The first kappa shape index (κ1) is 11.0. The third-order valence-corrected chi connectivity index (χ3v) is 3.93. The fourth-order valence-corrected chi connectivity index (χ4v) is 2.87. The Hall–Kier alpha value is -1.09. The maximum absolute atomic E-state index is 5.89. The van der Waals surface area contributed by atoms with E-state index in [1.807, 2.05) is 0 Å². The summed E-state index contributed by atoms with van der Waals surface area (Å²) in [5, 5.41) is 0. The number of nitrogens with two attached hydrogens (primary N) is 1. The van der Waals surface area contributed by atoms with Gasteiger partial charge in [0.2, 0.25) is 0 Å². The first-order valence-electron chi connectivity index (χ1n) is 6.82. The van der Waals surface area contributed by atoms with Crippen molar-refractivity contribution in [1.29, 1.82) is 0 Å². The number of rotatable bonds is 4. The zero-order chi connectivity index (χ0) is 11.8. The summed E-state index contributed by atoms with van der Waals surface area (Å²) in [6.07, 6.45) is 6.22. The molecule has 3 rings (SSSR count). The van der Waals surface area contributed by atoms with E-state index >= 15 is 0 Å². The summed E-state index contributed by atoms with van der Waals surface area (Å²) < 4.78 is 0. The van der Waals surface area contributed by atoms with Gasteiger partial charge in [0.15, 0.2) is 0 Å². The van der Waals surface area contributed by atoms with E-state index in [9.17, 15) is 0 Å². The van der Waals surface area contributed by atoms with Crippen molar-refractivity contribution < 1.29 is 0 Å². The molecule has 1 saturated carbocycles. The van der Waals surface area contributed by atoms with Gasteiger partial charge in [-0.25, -0.2) is 4.98 Å². The molecule has 2 N–H and O–H groups in total. The van der Waals surface area contributed by atoms with Gasteiger partial charge in [0.05, 0.1) is 0 Å². The maximum atomic E-state index is 5.89. The number of anilines is 1. The Morgan fingerprint density at radius 3 is 2.88 bits per heavy atom. The number of pyridine rings is 1. The SMILES string of the molecule is CCN(c1nc2c(cc1CN)CCC2)C1CC1. The molecule has 1 heterocycles. The summed E-state index contributed by atoms with van der Waals surface area (Å²) in [6, 6.07) is 3.02. The molecule has 1 aromatic rings. The molecule has 0 aromatic carbocycles. The Morgan fingerprint density at radius 2 is 2.24 bits per heavy atom. The molecular formula is C14H21N3. The monoisotopic (exact) mass is 231 g/mol. The van der Waals surface area contributed by atoms with E-state index in [4.69, 9.17) is 10.7 Å². The molecule has 3 nitrogen and oxygen atoms in total. The average Bonchev–Trinajstić information content (AvgIpc) is 3.07. The Labute approximate surface area is 103 Å². The van der Waals surface area contributed by atoms with Gasteiger partial charge in [-0.05, 0) is 50.7 Å². The van der Waals surface area contributed by atoms with Gasteiger partial charge < -0.3 is 10.6 Å². The van der Waals surface area contributed by atoms with E-state index in [-0.39, 0.29) is 0 Å². The van der Waals surface area contributed by atoms with Gasteiger partial charge in [-0.3, -0.25) is 0 Å². The molecule has 92 valence electrons. The van der Waals surface area contributed by atoms with Crippen LogP contribution in [-0.4, -0.2) is 17.6 Å². The van der Waals surface area contributed by atoms with E-state index in [0.717, 1.165) is 24.8 Å². The van der Waals surface area contributed by atoms with Crippen molar-refractivity contribution in [3.05, 3.63) is 22.9 Å². The van der Waals surface area contributed by atoms with Gasteiger partial charge in [-0.15, -0.1) is 0 Å². The van der Waals surface area contributed by atoms with Crippen LogP contribution in [0.4, 0.5) is 5.82 Å². The predicted molar refractivity (Wildman–Crippen MR) is 70.2 cm³/mol. The van der Waals surface area contributed by atoms with Gasteiger partial charge in [-0.1, -0.05) is 0 Å². The van der Waals surface area contributed by atoms with Crippen LogP contribution in [0.5, 0.6) is 0 Å². The lowest BCUT2D eigenvalue weighted by Crippen LogP contribution is -2.28. The minimum absolute atomic E-state index is 0.610. The molecule has 3 heteroatoms. The standard InChI is InChI=1S/C14H21N3/c1-2-17(12-6-7-12)14-11(9-15)8-10-4-3-5-13(10)16-14/h8,12H,2-7,9,15H2,1H3. The molecule has 1 fully saturated rings. The highest BCUT2D eigenvalue weighted by Crippen LogP contribution is 2.34. The quantitative estimate of drug-likeness (QED) is 0.862. The Bertz CT molecular complexity index is 424. The molecule has 0 radical (unpaired) electrons. The normalized spacial score (nSPS) is 18.2. The van der Waals surface area contributed by atoms with Crippen LogP contribution in [-0.2, 0) is 19.4 Å². The van der Waals surface area contributed by atoms with Gasteiger partial charge in [0, 0.05) is 30.4 Å². The lowest BCUT2D eigenvalue weighted by atomic mass is 10.1. The van der Waals surface area contributed by atoms with Crippen LogP contribution in [0.3, 0.4) is 0 Å². The van der Waals surface area contributed by atoms with Crippen LogP contribution >= 0.6 is 0 Å². The third-order valence-electron chi connectivity index (χ3n) is 3.93. The number of hydrogen-bond acceptors (Lipinski definition) is 3. The maximum Gasteiger partial charge on any atom is 0.133 e. The van der Waals surface area contributed by atoms with E-state index < -0.39 is 0 Å². The number of fused-ring (bicyclic) bond motifs is 1. The van der Waals surface area contributed by atoms with Gasteiger partial charge >= 0.3 is 0 Å². The lowest BCUT2D eigenvalue weighted by Gasteiger charge is -2.25. The molecule has 0 aliphatic heterocycles. The van der Waals surface area contributed by atoms with Crippen molar-refractivity contribution in [2.75, 3.05) is 11.4 Å². The van der Waals surface area contributed by atoms with Crippen LogP contribution in [0, 0.1) is 0 Å². The molecule has 1 aromatic heterocycles. The first-order chi connectivity index (χ1) is 8.33. The third kappa shape index (κ3) is 1.93. The number of aryl methyl sites for hydroxylation is 2. The van der Waals surface area contributed by atoms with Crippen molar-refractivity contribution in [1.82, 2.24) is 4.98 Å². The molecule has 2 aliphatic carbocycles. The summed E-state index contributed by atoms with van der Waals surface area (Å²) in [6.45, 7) is 3.87. The van der Waals surface area contributed by atoms with Crippen LogP contribution < -0.4 is 10.6 Å². The largest absolute Gasteiger partial charge is 0.354 e. The van der Waals surface area contributed by atoms with Crippen molar-refractivity contribution in [2.24, 2.45) is 5.73 Å². The van der Waals surface area contributed by atoms with Crippen LogP contribution in [0.2, 0.25) is 0 Å². The van der Waals surface area contributed by atoms with Crippen molar-refractivity contribution in [3.63, 3.8) is 0 Å². The Balaban J connectivity index is 2.01. The topological polar surface area (TPSA) is 42.2 Å². The number of aromatic nitrogens is 1. The fraction of sp³-hybridized carbons (Fsp3) is 0.643. The Morgan fingerprint density at radius 1 is 1.41 bits per heavy atom. The average molecular weight is 231 g/mol. The zero-order valence-electron chi connectivity index (χ0n) is 10.6. The minimum atomic E-state index is 0.610. The summed E-state index contributed by atoms with van der Waals surface area (Å²) in [4.78, 5) is 7.35. The predicted octanol–water partition coefficient (Wildman–Crippen LogP) is 2.02. The highest BCUT2D eigenvalue weighted by molar-refractivity contribution is 5.52. The smallest absolute Gasteiger partial charge is 0.133 e. The molecule has 0 atom stereocenters. The molecule has 17 heavy (non-hydrogen) atoms. The van der Waals surface area contributed by atoms with Gasteiger partial charge in [0.1, 0.15) is 5.82 Å². The van der Waals surface area contributed by atoms with Crippen LogP contribution in [0.15, 0.2) is 6.07 Å². The van der Waals surface area contributed by atoms with E-state index in [1.54, 1.807) is 0 Å². The summed E-state index contributed by atoms with van der Waals surface area (Å²) in [7, 11) is 0. The number of nitrogens with zero attached hydrogens (tertiary/aromatic N) is 2. The second-order valence-corrected chi connectivity index (χ2v) is 5.15. The highest BCUT2D eigenvalue weighted by Gasteiger charge is 2.30.